The molecule has 5 nitrogen and oxygen atoms in total. The summed E-state index contributed by atoms with van der Waals surface area (Å²) in [4.78, 5) is 2.33. The predicted octanol–water partition coefficient (Wildman–Crippen LogP) is 3.06. The molecule has 1 aliphatic carbocycles. The van der Waals surface area contributed by atoms with Gasteiger partial charge in [0.2, 0.25) is 5.95 Å². The highest BCUT2D eigenvalue weighted by Crippen LogP contribution is 2.31. The predicted molar refractivity (Wildman–Crippen MR) is 81.8 cm³/mol. The monoisotopic (exact) mass is 296 g/mol. The quantitative estimate of drug-likeness (QED) is 0.852. The summed E-state index contributed by atoms with van der Waals surface area (Å²) in [5.74, 6) is 1.01. The highest BCUT2D eigenvalue weighted by atomic mass is 32.1. The van der Waals surface area contributed by atoms with Crippen molar-refractivity contribution >= 4 is 18.2 Å². The zero-order valence-electron chi connectivity index (χ0n) is 12.2. The number of aromatic nitrogens is 3. The Morgan fingerprint density at radius 2 is 2.05 bits per heavy atom. The van der Waals surface area contributed by atoms with E-state index in [9.17, 15) is 0 Å². The average molecular weight is 296 g/mol. The maximum atomic E-state index is 5.73. The smallest absolute Gasteiger partial charge is 0.226 e. The van der Waals surface area contributed by atoms with E-state index in [1.165, 1.54) is 32.1 Å². The number of nitrogens with one attached hydrogen (secondary N) is 1. The van der Waals surface area contributed by atoms with E-state index in [1.807, 2.05) is 0 Å². The van der Waals surface area contributed by atoms with Crippen molar-refractivity contribution < 1.29 is 4.74 Å². The lowest BCUT2D eigenvalue weighted by Gasteiger charge is -2.29. The van der Waals surface area contributed by atoms with Crippen LogP contribution in [0.25, 0.3) is 0 Å². The van der Waals surface area contributed by atoms with Gasteiger partial charge in [-0.3, -0.25) is 4.57 Å². The number of aromatic amines is 1. The molecule has 0 bridgehead atoms. The molecule has 1 aliphatic heterocycles. The van der Waals surface area contributed by atoms with Crippen LogP contribution in [0.2, 0.25) is 0 Å². The topological polar surface area (TPSA) is 46.1 Å². The fraction of sp³-hybridized carbons (Fsp3) is 0.857. The molecular formula is C14H24N4OS. The Bertz CT molecular complexity index is 492. The van der Waals surface area contributed by atoms with Crippen molar-refractivity contribution in [1.29, 1.82) is 0 Å². The van der Waals surface area contributed by atoms with E-state index in [-0.39, 0.29) is 6.10 Å². The van der Waals surface area contributed by atoms with Gasteiger partial charge in [-0.2, -0.15) is 0 Å². The number of rotatable bonds is 2. The van der Waals surface area contributed by atoms with E-state index < -0.39 is 0 Å². The molecule has 0 aromatic carbocycles. The maximum absolute atomic E-state index is 5.73. The van der Waals surface area contributed by atoms with Crippen LogP contribution in [-0.4, -0.2) is 40.6 Å². The van der Waals surface area contributed by atoms with Gasteiger partial charge in [0.05, 0.1) is 6.10 Å². The van der Waals surface area contributed by atoms with E-state index >= 15 is 0 Å². The third-order valence-corrected chi connectivity index (χ3v) is 4.65. The van der Waals surface area contributed by atoms with E-state index in [0.29, 0.717) is 6.04 Å². The number of anilines is 1. The second kappa shape index (κ2) is 6.26. The molecule has 1 atom stereocenters. The molecule has 1 aromatic rings. The lowest BCUT2D eigenvalue weighted by atomic mass is 9.95. The molecule has 20 heavy (non-hydrogen) atoms. The van der Waals surface area contributed by atoms with E-state index in [1.54, 1.807) is 0 Å². The molecule has 1 N–H and O–H groups in total. The minimum Gasteiger partial charge on any atom is -0.377 e. The van der Waals surface area contributed by atoms with Crippen LogP contribution in [0.5, 0.6) is 0 Å². The Balaban J connectivity index is 1.87. The molecule has 1 unspecified atom stereocenters. The first-order valence-corrected chi connectivity index (χ1v) is 8.20. The normalized spacial score (nSPS) is 25.6. The number of H-pyrrole nitrogens is 1. The van der Waals surface area contributed by atoms with Crippen molar-refractivity contribution in [3.63, 3.8) is 0 Å². The van der Waals surface area contributed by atoms with Gasteiger partial charge in [-0.05, 0) is 38.4 Å². The van der Waals surface area contributed by atoms with Crippen molar-refractivity contribution in [2.75, 3.05) is 24.6 Å². The zero-order valence-corrected chi connectivity index (χ0v) is 13.0. The molecule has 1 saturated heterocycles. The molecule has 1 saturated carbocycles. The van der Waals surface area contributed by atoms with Crippen LogP contribution in [0.15, 0.2) is 0 Å². The van der Waals surface area contributed by atoms with Crippen molar-refractivity contribution in [3.8, 4) is 0 Å². The van der Waals surface area contributed by atoms with Gasteiger partial charge in [0.15, 0.2) is 4.77 Å². The summed E-state index contributed by atoms with van der Waals surface area (Å²) in [6.07, 6.45) is 7.71. The SMILES string of the molecule is CC1CN(c2n[nH]c(=S)n2C2CCCCC2)CCCO1. The van der Waals surface area contributed by atoms with E-state index in [0.717, 1.165) is 36.8 Å². The van der Waals surface area contributed by atoms with Crippen molar-refractivity contribution in [1.82, 2.24) is 14.8 Å². The second-order valence-electron chi connectivity index (χ2n) is 5.97. The highest BCUT2D eigenvalue weighted by Gasteiger charge is 2.25. The summed E-state index contributed by atoms with van der Waals surface area (Å²) in [6.45, 7) is 4.86. The van der Waals surface area contributed by atoms with Crippen LogP contribution in [0.1, 0.15) is 51.5 Å². The molecule has 112 valence electrons. The van der Waals surface area contributed by atoms with Gasteiger partial charge < -0.3 is 9.64 Å². The minimum absolute atomic E-state index is 0.252. The minimum atomic E-state index is 0.252. The summed E-state index contributed by atoms with van der Waals surface area (Å²) in [5.41, 5.74) is 0. The maximum Gasteiger partial charge on any atom is 0.226 e. The Kier molecular flexibility index (Phi) is 4.41. The molecule has 3 rings (SSSR count). The largest absolute Gasteiger partial charge is 0.377 e. The van der Waals surface area contributed by atoms with Gasteiger partial charge in [-0.1, -0.05) is 19.3 Å². The molecule has 0 radical (unpaired) electrons. The standard InChI is InChI=1S/C14H24N4OS/c1-11-10-17(8-5-9-19-11)13-15-16-14(20)18(13)12-6-3-2-4-7-12/h11-12H,2-10H2,1H3,(H,16,20). The summed E-state index contributed by atoms with van der Waals surface area (Å²) in [7, 11) is 0. The Morgan fingerprint density at radius 1 is 1.25 bits per heavy atom. The van der Waals surface area contributed by atoms with Gasteiger partial charge in [0, 0.05) is 25.7 Å². The fourth-order valence-electron chi connectivity index (χ4n) is 3.36. The third-order valence-electron chi connectivity index (χ3n) is 4.36. The molecular weight excluding hydrogens is 272 g/mol. The summed E-state index contributed by atoms with van der Waals surface area (Å²) >= 11 is 5.47. The van der Waals surface area contributed by atoms with Crippen molar-refractivity contribution in [2.24, 2.45) is 0 Å². The lowest BCUT2D eigenvalue weighted by Crippen LogP contribution is -2.33. The second-order valence-corrected chi connectivity index (χ2v) is 6.36. The number of hydrogen-bond acceptors (Lipinski definition) is 4. The Morgan fingerprint density at radius 3 is 2.85 bits per heavy atom. The van der Waals surface area contributed by atoms with Gasteiger partial charge in [0.1, 0.15) is 0 Å². The first-order valence-electron chi connectivity index (χ1n) is 7.79. The van der Waals surface area contributed by atoms with Crippen LogP contribution in [0.3, 0.4) is 0 Å². The van der Waals surface area contributed by atoms with Gasteiger partial charge in [-0.15, -0.1) is 5.10 Å². The van der Waals surface area contributed by atoms with Gasteiger partial charge in [0.25, 0.3) is 0 Å². The van der Waals surface area contributed by atoms with Crippen LogP contribution in [0, 0.1) is 4.77 Å². The van der Waals surface area contributed by atoms with E-state index in [2.05, 4.69) is 26.6 Å². The Labute approximate surface area is 125 Å². The first kappa shape index (κ1) is 14.1. The van der Waals surface area contributed by atoms with Crippen LogP contribution >= 0.6 is 12.2 Å². The van der Waals surface area contributed by atoms with E-state index in [4.69, 9.17) is 17.0 Å². The molecule has 2 fully saturated rings. The van der Waals surface area contributed by atoms with Crippen LogP contribution in [-0.2, 0) is 4.74 Å². The summed E-state index contributed by atoms with van der Waals surface area (Å²) in [6, 6.07) is 0.518. The number of hydrogen-bond donors (Lipinski definition) is 1. The summed E-state index contributed by atoms with van der Waals surface area (Å²) < 4.78 is 8.76. The van der Waals surface area contributed by atoms with Crippen molar-refractivity contribution in [2.45, 2.75) is 57.6 Å². The Hall–Kier alpha value is -0.880. The van der Waals surface area contributed by atoms with Crippen molar-refractivity contribution in [3.05, 3.63) is 4.77 Å². The molecule has 6 heteroatoms. The average Bonchev–Trinajstić information content (AvgIpc) is 2.71. The number of ether oxygens (including phenoxy) is 1. The van der Waals surface area contributed by atoms with Crippen LogP contribution in [0.4, 0.5) is 5.95 Å². The molecule has 0 amide bonds. The van der Waals surface area contributed by atoms with Gasteiger partial charge >= 0.3 is 0 Å². The third kappa shape index (κ3) is 2.91. The molecule has 2 aliphatic rings. The first-order chi connectivity index (χ1) is 9.75. The highest BCUT2D eigenvalue weighted by molar-refractivity contribution is 7.71. The molecule has 0 spiro atoms. The summed E-state index contributed by atoms with van der Waals surface area (Å²) in [5, 5.41) is 7.51. The zero-order chi connectivity index (χ0) is 13.9. The number of nitrogens with zero attached hydrogens (tertiary/aromatic N) is 3. The molecule has 2 heterocycles. The lowest BCUT2D eigenvalue weighted by molar-refractivity contribution is 0.0819. The fourth-order valence-corrected chi connectivity index (χ4v) is 3.64. The van der Waals surface area contributed by atoms with Crippen LogP contribution < -0.4 is 4.90 Å². The molecule has 1 aromatic heterocycles. The van der Waals surface area contributed by atoms with Gasteiger partial charge in [-0.25, -0.2) is 5.10 Å².